The molecule has 6 aromatic rings. The van der Waals surface area contributed by atoms with Gasteiger partial charge in [0.2, 0.25) is 0 Å². The van der Waals surface area contributed by atoms with E-state index in [4.69, 9.17) is 9.72 Å². The van der Waals surface area contributed by atoms with Crippen molar-refractivity contribution in [1.29, 1.82) is 0 Å². The summed E-state index contributed by atoms with van der Waals surface area (Å²) in [7, 11) is 4.00. The molecule has 12 heteroatoms. The van der Waals surface area contributed by atoms with Crippen molar-refractivity contribution in [2.24, 2.45) is 0 Å². The van der Waals surface area contributed by atoms with Gasteiger partial charge in [-0.15, -0.1) is 0 Å². The molecule has 1 aromatic carbocycles. The van der Waals surface area contributed by atoms with Crippen LogP contribution in [-0.2, 0) is 0 Å². The first-order chi connectivity index (χ1) is 22.0. The number of hydrogen-bond acceptors (Lipinski definition) is 9. The lowest BCUT2D eigenvalue weighted by atomic mass is 10.1. The summed E-state index contributed by atoms with van der Waals surface area (Å²) >= 11 is 0. The van der Waals surface area contributed by atoms with Crippen molar-refractivity contribution in [3.05, 3.63) is 67.0 Å². The summed E-state index contributed by atoms with van der Waals surface area (Å²) in [5.74, 6) is 0.939. The average Bonchev–Trinajstić information content (AvgIpc) is 3.80. The molecule has 3 N–H and O–H groups in total. The van der Waals surface area contributed by atoms with E-state index in [0.29, 0.717) is 52.8 Å². The normalized spacial score (nSPS) is 13.8. The lowest BCUT2D eigenvalue weighted by Crippen LogP contribution is -2.25. The lowest BCUT2D eigenvalue weighted by Gasteiger charge is -2.15. The zero-order valence-corrected chi connectivity index (χ0v) is 25.3. The summed E-state index contributed by atoms with van der Waals surface area (Å²) in [4.78, 5) is 26.4. The summed E-state index contributed by atoms with van der Waals surface area (Å²) in [5, 5.41) is 11.7. The number of H-pyrrole nitrogens is 2. The van der Waals surface area contributed by atoms with Crippen LogP contribution in [0.15, 0.2) is 61.2 Å². The molecule has 0 atom stereocenters. The number of benzene rings is 1. The van der Waals surface area contributed by atoms with Gasteiger partial charge in [-0.05, 0) is 76.4 Å². The number of halogens is 1. The number of nitrogens with one attached hydrogen (secondary N) is 3. The molecule has 0 bridgehead atoms. The highest BCUT2D eigenvalue weighted by Crippen LogP contribution is 2.33. The number of aromatic nitrogens is 7. The topological polar surface area (TPSA) is 124 Å². The zero-order valence-electron chi connectivity index (χ0n) is 25.3. The van der Waals surface area contributed by atoms with Gasteiger partial charge in [0.1, 0.15) is 29.4 Å². The Balaban J connectivity index is 1.17. The van der Waals surface area contributed by atoms with E-state index in [9.17, 15) is 4.39 Å². The number of anilines is 1. The van der Waals surface area contributed by atoms with Crippen molar-refractivity contribution < 1.29 is 9.13 Å². The van der Waals surface area contributed by atoms with Crippen LogP contribution in [-0.4, -0.2) is 98.3 Å². The average molecular weight is 607 g/mol. The maximum absolute atomic E-state index is 14.7. The van der Waals surface area contributed by atoms with Crippen LogP contribution in [0.25, 0.3) is 56.0 Å². The number of aromatic amines is 2. The largest absolute Gasteiger partial charge is 0.491 e. The number of likely N-dealkylation sites (tertiary alicyclic amines) is 1. The number of nitrogens with zero attached hydrogens (tertiary/aromatic N) is 7. The van der Waals surface area contributed by atoms with Crippen LogP contribution in [0.4, 0.5) is 10.1 Å². The van der Waals surface area contributed by atoms with Crippen LogP contribution >= 0.6 is 0 Å². The van der Waals surface area contributed by atoms with Crippen molar-refractivity contribution in [2.45, 2.75) is 12.8 Å². The molecule has 7 rings (SSSR count). The van der Waals surface area contributed by atoms with E-state index >= 15 is 0 Å². The Morgan fingerprint density at radius 2 is 1.84 bits per heavy atom. The summed E-state index contributed by atoms with van der Waals surface area (Å²) in [5.41, 5.74) is 6.34. The summed E-state index contributed by atoms with van der Waals surface area (Å²) < 4.78 is 20.7. The first kappa shape index (κ1) is 28.8. The van der Waals surface area contributed by atoms with Gasteiger partial charge in [-0.2, -0.15) is 5.10 Å². The van der Waals surface area contributed by atoms with Gasteiger partial charge in [0, 0.05) is 60.6 Å². The Kier molecular flexibility index (Phi) is 8.05. The second-order valence-electron chi connectivity index (χ2n) is 11.6. The van der Waals surface area contributed by atoms with Gasteiger partial charge in [0.25, 0.3) is 0 Å². The number of pyridine rings is 3. The molecular formula is C33H35FN10O. The van der Waals surface area contributed by atoms with Crippen LogP contribution in [0.3, 0.4) is 0 Å². The highest BCUT2D eigenvalue weighted by Gasteiger charge is 2.18. The first-order valence-corrected chi connectivity index (χ1v) is 15.2. The number of fused-ring (bicyclic) bond motifs is 2. The molecule has 1 aliphatic heterocycles. The minimum atomic E-state index is -0.345. The first-order valence-electron chi connectivity index (χ1n) is 15.2. The molecule has 45 heavy (non-hydrogen) atoms. The van der Waals surface area contributed by atoms with Gasteiger partial charge < -0.3 is 19.9 Å². The highest BCUT2D eigenvalue weighted by atomic mass is 19.1. The Hall–Kier alpha value is -4.94. The fourth-order valence-corrected chi connectivity index (χ4v) is 5.71. The number of imidazole rings is 1. The Bertz CT molecular complexity index is 1950. The Labute approximate surface area is 259 Å². The smallest absolute Gasteiger partial charge is 0.159 e. The molecule has 1 saturated heterocycles. The molecule has 5 aromatic heterocycles. The second kappa shape index (κ2) is 12.6. The molecule has 0 unspecified atom stereocenters. The van der Waals surface area contributed by atoms with E-state index in [1.165, 1.54) is 25.0 Å². The molecule has 0 saturated carbocycles. The van der Waals surface area contributed by atoms with Crippen molar-refractivity contribution in [1.82, 2.24) is 44.9 Å². The van der Waals surface area contributed by atoms with Crippen LogP contribution in [0.5, 0.6) is 5.75 Å². The van der Waals surface area contributed by atoms with Crippen molar-refractivity contribution in [3.63, 3.8) is 0 Å². The zero-order chi connectivity index (χ0) is 30.8. The summed E-state index contributed by atoms with van der Waals surface area (Å²) in [6.07, 6.45) is 9.56. The predicted octanol–water partition coefficient (Wildman–Crippen LogP) is 5.21. The molecule has 0 spiro atoms. The number of ether oxygens (including phenoxy) is 1. The molecule has 1 aliphatic rings. The van der Waals surface area contributed by atoms with Crippen LogP contribution in [0, 0.1) is 5.82 Å². The summed E-state index contributed by atoms with van der Waals surface area (Å²) in [6.45, 7) is 5.34. The van der Waals surface area contributed by atoms with Crippen LogP contribution in [0.1, 0.15) is 12.8 Å². The molecular weight excluding hydrogens is 571 g/mol. The van der Waals surface area contributed by atoms with Gasteiger partial charge >= 0.3 is 0 Å². The van der Waals surface area contributed by atoms with E-state index in [1.54, 1.807) is 24.8 Å². The molecule has 11 nitrogen and oxygen atoms in total. The lowest BCUT2D eigenvalue weighted by molar-refractivity contribution is 0.237. The van der Waals surface area contributed by atoms with Crippen LogP contribution in [0.2, 0.25) is 0 Å². The van der Waals surface area contributed by atoms with Crippen molar-refractivity contribution in [2.75, 3.05) is 58.7 Å². The van der Waals surface area contributed by atoms with E-state index in [-0.39, 0.29) is 5.82 Å². The monoisotopic (exact) mass is 606 g/mol. The second-order valence-corrected chi connectivity index (χ2v) is 11.6. The molecule has 1 fully saturated rings. The third kappa shape index (κ3) is 6.33. The number of likely N-dealkylation sites (N-methyl/N-ethyl adjacent to an activating group) is 1. The van der Waals surface area contributed by atoms with Crippen LogP contribution < -0.4 is 10.1 Å². The predicted molar refractivity (Wildman–Crippen MR) is 174 cm³/mol. The van der Waals surface area contributed by atoms with Gasteiger partial charge in [0.15, 0.2) is 11.5 Å². The quantitative estimate of drug-likeness (QED) is 0.182. The third-order valence-electron chi connectivity index (χ3n) is 8.02. The van der Waals surface area contributed by atoms with E-state index in [2.05, 4.69) is 45.2 Å². The van der Waals surface area contributed by atoms with Gasteiger partial charge in [-0.3, -0.25) is 20.0 Å². The fourth-order valence-electron chi connectivity index (χ4n) is 5.71. The maximum atomic E-state index is 14.7. The highest BCUT2D eigenvalue weighted by molar-refractivity contribution is 5.96. The molecule has 230 valence electrons. The minimum Gasteiger partial charge on any atom is -0.491 e. The standard InChI is InChI=1S/C33H35FN10O/c1-43(2)10-7-36-25-14-21(13-24(34)17-25)29-31-28(5-6-37-29)39-33(40-31)30-27-16-23(19-38-32(27)42-41-30)22-15-26(20-35-18-22)45-12-11-44-8-3-4-9-44/h5-6,13-20,36H,3-4,7-12H2,1-2H3,(H,39,40)(H,38,41,42). The minimum absolute atomic E-state index is 0.345. The van der Waals surface area contributed by atoms with E-state index in [0.717, 1.165) is 54.0 Å². The van der Waals surface area contributed by atoms with E-state index < -0.39 is 0 Å². The summed E-state index contributed by atoms with van der Waals surface area (Å²) in [6, 6.07) is 10.7. The molecule has 6 heterocycles. The molecule has 0 aliphatic carbocycles. The van der Waals surface area contributed by atoms with Gasteiger partial charge in [0.05, 0.1) is 22.8 Å². The fraction of sp³-hybridized carbons (Fsp3) is 0.303. The Morgan fingerprint density at radius 3 is 2.71 bits per heavy atom. The van der Waals surface area contributed by atoms with Gasteiger partial charge in [-0.1, -0.05) is 0 Å². The van der Waals surface area contributed by atoms with Gasteiger partial charge in [-0.25, -0.2) is 14.4 Å². The SMILES string of the molecule is CN(C)CCNc1cc(F)cc(-c2nccc3[nH]c(-c4n[nH]c5ncc(-c6cncc(OCCN7CCCC7)c6)cc45)nc23)c1. The number of rotatable bonds is 11. The molecule has 0 radical (unpaired) electrons. The number of hydrogen-bond donors (Lipinski definition) is 3. The maximum Gasteiger partial charge on any atom is 0.159 e. The van der Waals surface area contributed by atoms with Crippen molar-refractivity contribution >= 4 is 27.8 Å². The Morgan fingerprint density at radius 1 is 0.978 bits per heavy atom. The molecule has 0 amide bonds. The van der Waals surface area contributed by atoms with E-state index in [1.807, 2.05) is 38.4 Å². The van der Waals surface area contributed by atoms with Crippen molar-refractivity contribution in [3.8, 4) is 39.7 Å². The third-order valence-corrected chi connectivity index (χ3v) is 8.02.